The Balaban J connectivity index is 2.41. The minimum absolute atomic E-state index is 0.609. The fraction of sp³-hybridized carbons (Fsp3) is 0.538. The van der Waals surface area contributed by atoms with Gasteiger partial charge in [0.15, 0.2) is 0 Å². The number of halogens is 1. The Morgan fingerprint density at radius 3 is 2.93 bits per heavy atom. The zero-order valence-corrected chi connectivity index (χ0v) is 9.93. The second kappa shape index (κ2) is 4.54. The van der Waals surface area contributed by atoms with E-state index in [9.17, 15) is 0 Å². The molecule has 2 unspecified atom stereocenters. The van der Waals surface area contributed by atoms with Gasteiger partial charge < -0.3 is 5.73 Å². The van der Waals surface area contributed by atoms with Crippen LogP contribution in [-0.2, 0) is 6.42 Å². The van der Waals surface area contributed by atoms with Crippen molar-refractivity contribution in [2.24, 2.45) is 11.7 Å². The Hall–Kier alpha value is -0.530. The molecule has 2 heteroatoms. The molecule has 0 spiro atoms. The summed E-state index contributed by atoms with van der Waals surface area (Å²) >= 11 is 6.22. The molecule has 1 aliphatic carbocycles. The molecule has 82 valence electrons. The van der Waals surface area contributed by atoms with Crippen LogP contribution in [-0.4, -0.2) is 6.54 Å². The van der Waals surface area contributed by atoms with Crippen LogP contribution in [0.2, 0.25) is 5.02 Å². The standard InChI is InChI=1S/C13H18ClN/c1-2-10-9(8-15)6-7-12-11(10)4-3-5-13(12)14/h3-5,9-10H,2,6-8,15H2,1H3. The summed E-state index contributed by atoms with van der Waals surface area (Å²) in [6.45, 7) is 3.04. The first-order valence-corrected chi connectivity index (χ1v) is 6.13. The van der Waals surface area contributed by atoms with E-state index >= 15 is 0 Å². The average molecular weight is 224 g/mol. The number of hydrogen-bond donors (Lipinski definition) is 1. The number of benzene rings is 1. The van der Waals surface area contributed by atoms with E-state index in [1.165, 1.54) is 17.5 Å². The molecule has 1 aromatic carbocycles. The summed E-state index contributed by atoms with van der Waals surface area (Å²) in [5.74, 6) is 1.25. The molecule has 0 bridgehead atoms. The average Bonchev–Trinajstić information content (AvgIpc) is 2.28. The highest BCUT2D eigenvalue weighted by atomic mass is 35.5. The quantitative estimate of drug-likeness (QED) is 0.818. The summed E-state index contributed by atoms with van der Waals surface area (Å²) < 4.78 is 0. The predicted octanol–water partition coefficient (Wildman–Crippen LogP) is 3.35. The van der Waals surface area contributed by atoms with Crippen molar-refractivity contribution in [1.82, 2.24) is 0 Å². The van der Waals surface area contributed by atoms with Crippen molar-refractivity contribution in [1.29, 1.82) is 0 Å². The minimum atomic E-state index is 0.609. The van der Waals surface area contributed by atoms with Crippen molar-refractivity contribution < 1.29 is 0 Å². The lowest BCUT2D eigenvalue weighted by molar-refractivity contribution is 0.372. The van der Waals surface area contributed by atoms with Gasteiger partial charge in [0.2, 0.25) is 0 Å². The maximum Gasteiger partial charge on any atom is 0.0440 e. The van der Waals surface area contributed by atoms with Crippen LogP contribution in [0.15, 0.2) is 18.2 Å². The van der Waals surface area contributed by atoms with Gasteiger partial charge in [-0.3, -0.25) is 0 Å². The monoisotopic (exact) mass is 223 g/mol. The summed E-state index contributed by atoms with van der Waals surface area (Å²) in [6, 6.07) is 6.27. The minimum Gasteiger partial charge on any atom is -0.330 e. The van der Waals surface area contributed by atoms with Crippen molar-refractivity contribution in [3.63, 3.8) is 0 Å². The molecule has 2 rings (SSSR count). The molecular formula is C13H18ClN. The van der Waals surface area contributed by atoms with Crippen LogP contribution in [0.4, 0.5) is 0 Å². The van der Waals surface area contributed by atoms with Gasteiger partial charge in [0.05, 0.1) is 0 Å². The highest BCUT2D eigenvalue weighted by molar-refractivity contribution is 6.31. The van der Waals surface area contributed by atoms with E-state index in [-0.39, 0.29) is 0 Å². The lowest BCUT2D eigenvalue weighted by atomic mass is 9.74. The van der Waals surface area contributed by atoms with Crippen LogP contribution in [0.3, 0.4) is 0 Å². The topological polar surface area (TPSA) is 26.0 Å². The van der Waals surface area contributed by atoms with E-state index in [2.05, 4.69) is 19.1 Å². The van der Waals surface area contributed by atoms with E-state index in [4.69, 9.17) is 17.3 Å². The molecule has 0 fully saturated rings. The zero-order valence-electron chi connectivity index (χ0n) is 9.17. The Morgan fingerprint density at radius 1 is 1.47 bits per heavy atom. The third-order valence-electron chi connectivity index (χ3n) is 3.63. The van der Waals surface area contributed by atoms with E-state index in [1.807, 2.05) is 6.07 Å². The van der Waals surface area contributed by atoms with E-state index in [0.717, 1.165) is 24.4 Å². The molecule has 1 aliphatic rings. The van der Waals surface area contributed by atoms with E-state index in [0.29, 0.717) is 11.8 Å². The highest BCUT2D eigenvalue weighted by Gasteiger charge is 2.28. The summed E-state index contributed by atoms with van der Waals surface area (Å²) in [5, 5.41) is 0.932. The predicted molar refractivity (Wildman–Crippen MR) is 65.3 cm³/mol. The highest BCUT2D eigenvalue weighted by Crippen LogP contribution is 2.40. The van der Waals surface area contributed by atoms with E-state index in [1.54, 1.807) is 0 Å². The van der Waals surface area contributed by atoms with Gasteiger partial charge in [0, 0.05) is 5.02 Å². The van der Waals surface area contributed by atoms with Crippen LogP contribution in [0.1, 0.15) is 36.8 Å². The number of nitrogens with two attached hydrogens (primary N) is 1. The second-order valence-corrected chi connectivity index (χ2v) is 4.76. The molecule has 15 heavy (non-hydrogen) atoms. The van der Waals surface area contributed by atoms with Gasteiger partial charge in [-0.05, 0) is 54.8 Å². The van der Waals surface area contributed by atoms with Gasteiger partial charge in [-0.25, -0.2) is 0 Å². The Labute approximate surface area is 96.6 Å². The molecule has 1 aromatic rings. The first kappa shape index (κ1) is 11.0. The molecule has 0 amide bonds. The fourth-order valence-electron chi connectivity index (χ4n) is 2.81. The van der Waals surface area contributed by atoms with Gasteiger partial charge in [-0.1, -0.05) is 30.7 Å². The first-order chi connectivity index (χ1) is 7.27. The van der Waals surface area contributed by atoms with Crippen molar-refractivity contribution in [2.75, 3.05) is 6.54 Å². The first-order valence-electron chi connectivity index (χ1n) is 5.75. The van der Waals surface area contributed by atoms with Gasteiger partial charge >= 0.3 is 0 Å². The Kier molecular flexibility index (Phi) is 3.32. The molecule has 0 saturated carbocycles. The van der Waals surface area contributed by atoms with Gasteiger partial charge in [0.25, 0.3) is 0 Å². The number of rotatable bonds is 2. The fourth-order valence-corrected chi connectivity index (χ4v) is 3.08. The lowest BCUT2D eigenvalue weighted by Crippen LogP contribution is -2.27. The normalized spacial score (nSPS) is 25.0. The molecule has 0 aromatic heterocycles. The maximum atomic E-state index is 6.22. The molecule has 2 atom stereocenters. The summed E-state index contributed by atoms with van der Waals surface area (Å²) in [4.78, 5) is 0. The largest absolute Gasteiger partial charge is 0.330 e. The van der Waals surface area contributed by atoms with Gasteiger partial charge in [-0.15, -0.1) is 0 Å². The van der Waals surface area contributed by atoms with Gasteiger partial charge in [0.1, 0.15) is 0 Å². The number of fused-ring (bicyclic) bond motifs is 1. The SMILES string of the molecule is CCC1c2cccc(Cl)c2CCC1CN. The van der Waals surface area contributed by atoms with Crippen molar-refractivity contribution in [2.45, 2.75) is 32.1 Å². The molecule has 0 saturated heterocycles. The second-order valence-electron chi connectivity index (χ2n) is 4.36. The maximum absolute atomic E-state index is 6.22. The van der Waals surface area contributed by atoms with Crippen LogP contribution < -0.4 is 5.73 Å². The van der Waals surface area contributed by atoms with Crippen molar-refractivity contribution >= 4 is 11.6 Å². The van der Waals surface area contributed by atoms with Crippen LogP contribution in [0, 0.1) is 5.92 Å². The summed E-state index contributed by atoms with van der Waals surface area (Å²) in [6.07, 6.45) is 3.44. The molecular weight excluding hydrogens is 206 g/mol. The summed E-state index contributed by atoms with van der Waals surface area (Å²) in [5.41, 5.74) is 8.63. The molecule has 0 heterocycles. The molecule has 1 nitrogen and oxygen atoms in total. The van der Waals surface area contributed by atoms with E-state index < -0.39 is 0 Å². The smallest absolute Gasteiger partial charge is 0.0440 e. The van der Waals surface area contributed by atoms with Gasteiger partial charge in [-0.2, -0.15) is 0 Å². The lowest BCUT2D eigenvalue weighted by Gasteiger charge is -2.32. The van der Waals surface area contributed by atoms with Crippen molar-refractivity contribution in [3.05, 3.63) is 34.3 Å². The van der Waals surface area contributed by atoms with Crippen molar-refractivity contribution in [3.8, 4) is 0 Å². The molecule has 0 aliphatic heterocycles. The van der Waals surface area contributed by atoms with Crippen LogP contribution >= 0.6 is 11.6 Å². The van der Waals surface area contributed by atoms with Crippen LogP contribution in [0.5, 0.6) is 0 Å². The summed E-state index contributed by atoms with van der Waals surface area (Å²) in [7, 11) is 0. The number of hydrogen-bond acceptors (Lipinski definition) is 1. The third-order valence-corrected chi connectivity index (χ3v) is 3.99. The zero-order chi connectivity index (χ0) is 10.8. The molecule has 0 radical (unpaired) electrons. The Bertz CT molecular complexity index is 348. The van der Waals surface area contributed by atoms with Crippen LogP contribution in [0.25, 0.3) is 0 Å². The molecule has 2 N–H and O–H groups in total. The third kappa shape index (κ3) is 1.91. The Morgan fingerprint density at radius 2 is 2.27 bits per heavy atom.